The molecule has 3 N–H and O–H groups in total. The van der Waals surface area contributed by atoms with Crippen molar-refractivity contribution >= 4 is 17.5 Å². The molecular formula is C13H17ClN2O2. The maximum atomic E-state index is 12.3. The van der Waals surface area contributed by atoms with Gasteiger partial charge in [0.1, 0.15) is 5.75 Å². The summed E-state index contributed by atoms with van der Waals surface area (Å²) in [6.07, 6.45) is 1.59. The van der Waals surface area contributed by atoms with Crippen molar-refractivity contribution in [2.24, 2.45) is 5.73 Å². The van der Waals surface area contributed by atoms with Crippen LogP contribution in [0.1, 0.15) is 30.1 Å². The Bertz CT molecular complexity index is 464. The Balaban J connectivity index is 2.20. The number of likely N-dealkylation sites (tertiary alicyclic amines) is 1. The van der Waals surface area contributed by atoms with Crippen molar-refractivity contribution in [1.82, 2.24) is 4.90 Å². The van der Waals surface area contributed by atoms with E-state index in [-0.39, 0.29) is 23.7 Å². The number of nitrogens with zero attached hydrogens (tertiary/aromatic N) is 1. The zero-order valence-electron chi connectivity index (χ0n) is 10.3. The molecule has 2 unspecified atom stereocenters. The van der Waals surface area contributed by atoms with E-state index in [1.165, 1.54) is 6.07 Å². The molecule has 5 heteroatoms. The first-order chi connectivity index (χ1) is 8.49. The Labute approximate surface area is 111 Å². The number of amides is 1. The van der Waals surface area contributed by atoms with Gasteiger partial charge in [0.25, 0.3) is 5.91 Å². The lowest BCUT2D eigenvalue weighted by Gasteiger charge is -2.36. The maximum absolute atomic E-state index is 12.3. The molecule has 18 heavy (non-hydrogen) atoms. The molecule has 4 nitrogen and oxygen atoms in total. The number of hydrogen-bond donors (Lipinski definition) is 2. The highest BCUT2D eigenvalue weighted by Crippen LogP contribution is 2.26. The number of benzene rings is 1. The van der Waals surface area contributed by atoms with Crippen LogP contribution in [0, 0.1) is 0 Å². The van der Waals surface area contributed by atoms with E-state index in [2.05, 4.69) is 0 Å². The molecule has 0 aliphatic carbocycles. The van der Waals surface area contributed by atoms with Crippen LogP contribution in [0.2, 0.25) is 5.02 Å². The summed E-state index contributed by atoms with van der Waals surface area (Å²) in [5.74, 6) is -0.238. The lowest BCUT2D eigenvalue weighted by molar-refractivity contribution is 0.0616. The second-order valence-corrected chi connectivity index (χ2v) is 5.23. The summed E-state index contributed by atoms with van der Waals surface area (Å²) in [7, 11) is 0. The number of rotatable bonds is 1. The van der Waals surface area contributed by atoms with E-state index in [4.69, 9.17) is 17.3 Å². The number of phenolic OH excluding ortho intramolecular Hbond substituents is 1. The largest absolute Gasteiger partial charge is 0.507 e. The minimum Gasteiger partial charge on any atom is -0.507 e. The molecule has 0 spiro atoms. The highest BCUT2D eigenvalue weighted by Gasteiger charge is 2.28. The highest BCUT2D eigenvalue weighted by molar-refractivity contribution is 6.30. The van der Waals surface area contributed by atoms with E-state index in [1.54, 1.807) is 17.0 Å². The van der Waals surface area contributed by atoms with Gasteiger partial charge >= 0.3 is 0 Å². The molecule has 1 saturated heterocycles. The number of phenols is 1. The second kappa shape index (κ2) is 5.16. The van der Waals surface area contributed by atoms with Crippen LogP contribution >= 0.6 is 11.6 Å². The van der Waals surface area contributed by atoms with Crippen molar-refractivity contribution in [2.75, 3.05) is 6.54 Å². The van der Waals surface area contributed by atoms with Crippen LogP contribution in [0.15, 0.2) is 18.2 Å². The molecule has 1 aromatic carbocycles. The smallest absolute Gasteiger partial charge is 0.257 e. The number of nitrogens with two attached hydrogens (primary N) is 1. The Morgan fingerprint density at radius 1 is 1.56 bits per heavy atom. The predicted molar refractivity (Wildman–Crippen MR) is 70.8 cm³/mol. The number of carbonyl (C=O) groups excluding carboxylic acids is 1. The van der Waals surface area contributed by atoms with Crippen molar-refractivity contribution < 1.29 is 9.90 Å². The number of hydrogen-bond acceptors (Lipinski definition) is 3. The van der Waals surface area contributed by atoms with Gasteiger partial charge in [-0.25, -0.2) is 0 Å². The number of carbonyl (C=O) groups is 1. The zero-order valence-corrected chi connectivity index (χ0v) is 11.0. The van der Waals surface area contributed by atoms with Gasteiger partial charge in [0.05, 0.1) is 5.56 Å². The molecule has 0 radical (unpaired) electrons. The highest BCUT2D eigenvalue weighted by atomic mass is 35.5. The van der Waals surface area contributed by atoms with E-state index in [9.17, 15) is 9.90 Å². The van der Waals surface area contributed by atoms with E-state index in [0.717, 1.165) is 12.8 Å². The summed E-state index contributed by atoms with van der Waals surface area (Å²) >= 11 is 5.75. The normalized spacial score (nSPS) is 24.1. The van der Waals surface area contributed by atoms with Gasteiger partial charge in [-0.15, -0.1) is 0 Å². The fourth-order valence-corrected chi connectivity index (χ4v) is 2.52. The molecule has 2 atom stereocenters. The van der Waals surface area contributed by atoms with Gasteiger partial charge in [-0.2, -0.15) is 0 Å². The number of aromatic hydroxyl groups is 1. The van der Waals surface area contributed by atoms with Crippen LogP contribution in [0.25, 0.3) is 0 Å². The van der Waals surface area contributed by atoms with Crippen LogP contribution in [0.4, 0.5) is 0 Å². The van der Waals surface area contributed by atoms with Gasteiger partial charge in [-0.05, 0) is 38.0 Å². The van der Waals surface area contributed by atoms with Crippen LogP contribution in [-0.2, 0) is 0 Å². The molecule has 0 saturated carbocycles. The number of halogens is 1. The summed E-state index contributed by atoms with van der Waals surface area (Å²) in [5, 5.41) is 10.2. The third kappa shape index (κ3) is 2.60. The van der Waals surface area contributed by atoms with Crippen molar-refractivity contribution in [2.45, 2.75) is 31.8 Å². The topological polar surface area (TPSA) is 66.6 Å². The van der Waals surface area contributed by atoms with E-state index in [0.29, 0.717) is 17.1 Å². The van der Waals surface area contributed by atoms with Crippen molar-refractivity contribution in [3.05, 3.63) is 28.8 Å². The molecule has 1 heterocycles. The maximum Gasteiger partial charge on any atom is 0.257 e. The second-order valence-electron chi connectivity index (χ2n) is 4.79. The summed E-state index contributed by atoms with van der Waals surface area (Å²) < 4.78 is 0. The van der Waals surface area contributed by atoms with E-state index < -0.39 is 0 Å². The SMILES string of the molecule is CC1CC(N)CCN1C(=O)c1ccc(Cl)cc1O. The third-order valence-electron chi connectivity index (χ3n) is 3.37. The Kier molecular flexibility index (Phi) is 3.78. The molecule has 98 valence electrons. The Morgan fingerprint density at radius 3 is 2.89 bits per heavy atom. The first kappa shape index (κ1) is 13.2. The molecule has 1 aliphatic rings. The van der Waals surface area contributed by atoms with Crippen molar-refractivity contribution in [1.29, 1.82) is 0 Å². The minimum atomic E-state index is -0.163. The number of piperidine rings is 1. The third-order valence-corrected chi connectivity index (χ3v) is 3.60. The quantitative estimate of drug-likeness (QED) is 0.819. The summed E-state index contributed by atoms with van der Waals surface area (Å²) in [5.41, 5.74) is 6.16. The van der Waals surface area contributed by atoms with Crippen molar-refractivity contribution in [3.8, 4) is 5.75 Å². The fourth-order valence-electron chi connectivity index (χ4n) is 2.35. The molecule has 1 aromatic rings. The standard InChI is InChI=1S/C13H17ClN2O2/c1-8-6-10(15)4-5-16(8)13(18)11-3-2-9(14)7-12(11)17/h2-3,7-8,10,17H,4-6,15H2,1H3. The van der Waals surface area contributed by atoms with Gasteiger partial charge < -0.3 is 15.7 Å². The predicted octanol–water partition coefficient (Wildman–Crippen LogP) is 2.00. The summed E-state index contributed by atoms with van der Waals surface area (Å²) in [6.45, 7) is 2.60. The Hall–Kier alpha value is -1.26. The van der Waals surface area contributed by atoms with Gasteiger partial charge in [-0.1, -0.05) is 11.6 Å². The summed E-state index contributed by atoms with van der Waals surface area (Å²) in [6, 6.07) is 4.80. The monoisotopic (exact) mass is 268 g/mol. The molecule has 1 amide bonds. The Morgan fingerprint density at radius 2 is 2.28 bits per heavy atom. The average Bonchev–Trinajstić information content (AvgIpc) is 2.28. The van der Waals surface area contributed by atoms with E-state index in [1.807, 2.05) is 6.92 Å². The molecule has 1 fully saturated rings. The van der Waals surface area contributed by atoms with Gasteiger partial charge in [-0.3, -0.25) is 4.79 Å². The lowest BCUT2D eigenvalue weighted by Crippen LogP contribution is -2.48. The first-order valence-corrected chi connectivity index (χ1v) is 6.42. The van der Waals surface area contributed by atoms with Gasteiger partial charge in [0.15, 0.2) is 0 Å². The molecular weight excluding hydrogens is 252 g/mol. The molecule has 0 bridgehead atoms. The van der Waals surface area contributed by atoms with Crippen LogP contribution < -0.4 is 5.73 Å². The fraction of sp³-hybridized carbons (Fsp3) is 0.462. The van der Waals surface area contributed by atoms with Crippen LogP contribution in [0.5, 0.6) is 5.75 Å². The molecule has 1 aliphatic heterocycles. The summed E-state index contributed by atoms with van der Waals surface area (Å²) in [4.78, 5) is 14.1. The van der Waals surface area contributed by atoms with Gasteiger partial charge in [0.2, 0.25) is 0 Å². The van der Waals surface area contributed by atoms with Crippen LogP contribution in [-0.4, -0.2) is 34.5 Å². The van der Waals surface area contributed by atoms with Crippen molar-refractivity contribution in [3.63, 3.8) is 0 Å². The van der Waals surface area contributed by atoms with Gasteiger partial charge in [0, 0.05) is 23.7 Å². The van der Waals surface area contributed by atoms with Crippen LogP contribution in [0.3, 0.4) is 0 Å². The average molecular weight is 269 g/mol. The first-order valence-electron chi connectivity index (χ1n) is 6.04. The molecule has 0 aromatic heterocycles. The van der Waals surface area contributed by atoms with E-state index >= 15 is 0 Å². The lowest BCUT2D eigenvalue weighted by atomic mass is 9.98. The molecule has 2 rings (SSSR count). The zero-order chi connectivity index (χ0) is 13.3. The minimum absolute atomic E-state index is 0.0745.